The van der Waals surface area contributed by atoms with E-state index in [1.807, 2.05) is 0 Å². The van der Waals surface area contributed by atoms with Gasteiger partial charge in [-0.15, -0.1) is 11.1 Å². The minimum absolute atomic E-state index is 0.394. The van der Waals surface area contributed by atoms with Gasteiger partial charge in [-0.3, -0.25) is 0 Å². The van der Waals surface area contributed by atoms with Crippen molar-refractivity contribution < 1.29 is 9.53 Å². The average Bonchev–Trinajstić information content (AvgIpc) is 2.40. The highest BCUT2D eigenvalue weighted by atomic mass is 28.3. The molecule has 0 bridgehead atoms. The van der Waals surface area contributed by atoms with Crippen LogP contribution >= 0.6 is 0 Å². The average molecular weight is 330 g/mol. The van der Waals surface area contributed by atoms with Gasteiger partial charge >= 0.3 is 5.97 Å². The van der Waals surface area contributed by atoms with Gasteiger partial charge in [0.1, 0.15) is 27.5 Å². The van der Waals surface area contributed by atoms with Crippen molar-refractivity contribution in [1.82, 2.24) is 4.98 Å². The lowest BCUT2D eigenvalue weighted by atomic mass is 10.2. The number of rotatable bonds is 1. The monoisotopic (exact) mass is 329 g/mol. The summed E-state index contributed by atoms with van der Waals surface area (Å²) in [6.45, 7) is 13.0. The summed E-state index contributed by atoms with van der Waals surface area (Å²) in [5.74, 6) is 5.76. The van der Waals surface area contributed by atoms with Crippen molar-refractivity contribution in [2.24, 2.45) is 0 Å². The maximum absolute atomic E-state index is 11.8. The SMILES string of the molecule is COC(=O)c1cc(C#C[Si](C)(C)C)nc(C#C[Si](C)(C)C)c1. The number of hydrogen-bond acceptors (Lipinski definition) is 3. The van der Waals surface area contributed by atoms with E-state index in [9.17, 15) is 4.79 Å². The molecule has 0 aliphatic carbocycles. The lowest BCUT2D eigenvalue weighted by Gasteiger charge is -2.05. The predicted octanol–water partition coefficient (Wildman–Crippen LogP) is 3.33. The first-order valence-corrected chi connectivity index (χ1v) is 14.2. The van der Waals surface area contributed by atoms with Crippen LogP contribution in [0.25, 0.3) is 0 Å². The molecule has 0 radical (unpaired) electrons. The normalized spacial score (nSPS) is 10.9. The number of carbonyl (C=O) groups excluding carboxylic acids is 1. The van der Waals surface area contributed by atoms with Crippen molar-refractivity contribution in [3.8, 4) is 22.9 Å². The summed E-state index contributed by atoms with van der Waals surface area (Å²) >= 11 is 0. The zero-order valence-corrected chi connectivity index (χ0v) is 16.4. The number of hydrogen-bond donors (Lipinski definition) is 0. The van der Waals surface area contributed by atoms with Crippen molar-refractivity contribution in [1.29, 1.82) is 0 Å². The van der Waals surface area contributed by atoms with Crippen molar-refractivity contribution in [2.75, 3.05) is 7.11 Å². The third kappa shape index (κ3) is 6.75. The zero-order valence-electron chi connectivity index (χ0n) is 14.4. The number of pyridine rings is 1. The Hall–Kier alpha value is -1.83. The molecule has 0 aliphatic rings. The number of methoxy groups -OCH3 is 1. The number of esters is 1. The Labute approximate surface area is 135 Å². The van der Waals surface area contributed by atoms with Gasteiger partial charge in [0.2, 0.25) is 0 Å². The predicted molar refractivity (Wildman–Crippen MR) is 96.0 cm³/mol. The van der Waals surface area contributed by atoms with Gasteiger partial charge in [-0.1, -0.05) is 51.1 Å². The molecule has 3 nitrogen and oxygen atoms in total. The number of ether oxygens (including phenoxy) is 1. The molecule has 1 aromatic heterocycles. The van der Waals surface area contributed by atoms with Crippen LogP contribution in [-0.4, -0.2) is 34.2 Å². The Morgan fingerprint density at radius 3 is 1.68 bits per heavy atom. The fraction of sp³-hybridized carbons (Fsp3) is 0.412. The summed E-state index contributed by atoms with van der Waals surface area (Å²) in [7, 11) is -1.65. The summed E-state index contributed by atoms with van der Waals surface area (Å²) in [5, 5.41) is 0. The van der Waals surface area contributed by atoms with Gasteiger partial charge in [-0.05, 0) is 12.1 Å². The maximum atomic E-state index is 11.8. The zero-order chi connectivity index (χ0) is 17.0. The van der Waals surface area contributed by atoms with Gasteiger partial charge in [0.05, 0.1) is 12.7 Å². The second-order valence-electron chi connectivity index (χ2n) is 7.12. The van der Waals surface area contributed by atoms with E-state index in [1.165, 1.54) is 7.11 Å². The van der Waals surface area contributed by atoms with Crippen molar-refractivity contribution in [3.63, 3.8) is 0 Å². The molecule has 0 aromatic carbocycles. The fourth-order valence-electron chi connectivity index (χ4n) is 1.40. The third-order valence-electron chi connectivity index (χ3n) is 2.38. The lowest BCUT2D eigenvalue weighted by Crippen LogP contribution is -2.17. The van der Waals surface area contributed by atoms with E-state index in [2.05, 4.69) is 67.2 Å². The summed E-state index contributed by atoms with van der Waals surface area (Å²) in [5.41, 5.74) is 8.10. The summed E-state index contributed by atoms with van der Waals surface area (Å²) in [6.07, 6.45) is 0. The molecule has 0 aliphatic heterocycles. The molecule has 0 N–H and O–H groups in total. The van der Waals surface area contributed by atoms with E-state index in [4.69, 9.17) is 4.74 Å². The molecule has 5 heteroatoms. The Kier molecular flexibility index (Phi) is 5.76. The highest BCUT2D eigenvalue weighted by molar-refractivity contribution is 6.84. The van der Waals surface area contributed by atoms with Crippen LogP contribution in [0.15, 0.2) is 12.1 Å². The first kappa shape index (κ1) is 18.2. The molecule has 1 aromatic rings. The summed E-state index contributed by atoms with van der Waals surface area (Å²) in [6, 6.07) is 3.33. The van der Waals surface area contributed by atoms with E-state index < -0.39 is 22.1 Å². The summed E-state index contributed by atoms with van der Waals surface area (Å²) in [4.78, 5) is 16.2. The van der Waals surface area contributed by atoms with E-state index in [0.717, 1.165) is 0 Å². The van der Waals surface area contributed by atoms with Gasteiger partial charge in [0.25, 0.3) is 0 Å². The standard InChI is InChI=1S/C17H23NO2Si2/c1-20-17(19)14-12-15(8-10-21(2,3)4)18-16(13-14)9-11-22(5,6)7/h12-13H,1-7H3. The van der Waals surface area contributed by atoms with Crippen LogP contribution in [0.4, 0.5) is 0 Å². The minimum Gasteiger partial charge on any atom is -0.465 e. The second kappa shape index (κ2) is 6.96. The Balaban J connectivity index is 3.35. The van der Waals surface area contributed by atoms with Crippen molar-refractivity contribution >= 4 is 22.1 Å². The molecule has 0 fully saturated rings. The van der Waals surface area contributed by atoms with Crippen molar-refractivity contribution in [3.05, 3.63) is 29.1 Å². The molecular formula is C17H23NO2Si2. The Morgan fingerprint density at radius 2 is 1.36 bits per heavy atom. The molecule has 0 unspecified atom stereocenters. The molecule has 0 atom stereocenters. The van der Waals surface area contributed by atoms with Crippen LogP contribution in [-0.2, 0) is 4.74 Å². The molecule has 0 spiro atoms. The van der Waals surface area contributed by atoms with E-state index in [-0.39, 0.29) is 0 Å². The largest absolute Gasteiger partial charge is 0.465 e. The van der Waals surface area contributed by atoms with Gasteiger partial charge in [-0.2, -0.15) is 0 Å². The highest BCUT2D eigenvalue weighted by Crippen LogP contribution is 2.08. The smallest absolute Gasteiger partial charge is 0.338 e. The van der Waals surface area contributed by atoms with Crippen LogP contribution in [0, 0.1) is 22.9 Å². The first-order valence-electron chi connectivity index (χ1n) is 7.17. The molecule has 116 valence electrons. The van der Waals surface area contributed by atoms with Crippen LogP contribution in [0.2, 0.25) is 39.3 Å². The molecular weight excluding hydrogens is 306 g/mol. The third-order valence-corrected chi connectivity index (χ3v) is 4.13. The summed E-state index contributed by atoms with van der Waals surface area (Å²) < 4.78 is 4.79. The molecule has 0 amide bonds. The van der Waals surface area contributed by atoms with Crippen molar-refractivity contribution in [2.45, 2.75) is 39.3 Å². The van der Waals surface area contributed by atoms with Gasteiger partial charge in [-0.25, -0.2) is 9.78 Å². The highest BCUT2D eigenvalue weighted by Gasteiger charge is 2.12. The van der Waals surface area contributed by atoms with Crippen LogP contribution in [0.5, 0.6) is 0 Å². The molecule has 1 rings (SSSR count). The van der Waals surface area contributed by atoms with Crippen LogP contribution < -0.4 is 0 Å². The van der Waals surface area contributed by atoms with Gasteiger partial charge in [0.15, 0.2) is 0 Å². The van der Waals surface area contributed by atoms with Gasteiger partial charge in [0, 0.05) is 0 Å². The molecule has 1 heterocycles. The topological polar surface area (TPSA) is 39.2 Å². The minimum atomic E-state index is -1.51. The quantitative estimate of drug-likeness (QED) is 0.451. The van der Waals surface area contributed by atoms with E-state index in [1.54, 1.807) is 12.1 Å². The van der Waals surface area contributed by atoms with Crippen LogP contribution in [0.3, 0.4) is 0 Å². The number of nitrogens with zero attached hydrogens (tertiary/aromatic N) is 1. The molecule has 22 heavy (non-hydrogen) atoms. The Bertz CT molecular complexity index is 640. The maximum Gasteiger partial charge on any atom is 0.338 e. The lowest BCUT2D eigenvalue weighted by molar-refractivity contribution is 0.0600. The Morgan fingerprint density at radius 1 is 0.955 bits per heavy atom. The molecule has 0 saturated heterocycles. The first-order chi connectivity index (χ1) is 10.00. The van der Waals surface area contributed by atoms with Crippen LogP contribution in [0.1, 0.15) is 21.7 Å². The number of carbonyl (C=O) groups is 1. The second-order valence-corrected chi connectivity index (χ2v) is 16.6. The van der Waals surface area contributed by atoms with Gasteiger partial charge < -0.3 is 4.74 Å². The van der Waals surface area contributed by atoms with E-state index >= 15 is 0 Å². The fourth-order valence-corrected chi connectivity index (χ4v) is 2.40. The van der Waals surface area contributed by atoms with E-state index in [0.29, 0.717) is 17.0 Å². The molecule has 0 saturated carbocycles. The number of aromatic nitrogens is 1.